The second-order valence-corrected chi connectivity index (χ2v) is 9.51. The van der Waals surface area contributed by atoms with Gasteiger partial charge in [-0.05, 0) is 91.7 Å². The van der Waals surface area contributed by atoms with Gasteiger partial charge < -0.3 is 5.11 Å². The molecule has 36 heavy (non-hydrogen) atoms. The molecule has 1 heteroatoms. The third-order valence-electron chi connectivity index (χ3n) is 7.42. The lowest BCUT2D eigenvalue weighted by Gasteiger charge is -2.16. The Balaban J connectivity index is 1.50. The van der Waals surface area contributed by atoms with E-state index in [1.807, 2.05) is 24.3 Å². The van der Waals surface area contributed by atoms with Gasteiger partial charge in [-0.15, -0.1) is 0 Å². The number of phenols is 1. The molecule has 7 rings (SSSR count). The molecule has 0 atom stereocenters. The molecule has 1 aliphatic rings. The summed E-state index contributed by atoms with van der Waals surface area (Å²) >= 11 is 0. The van der Waals surface area contributed by atoms with E-state index in [2.05, 4.69) is 103 Å². The van der Waals surface area contributed by atoms with E-state index < -0.39 is 0 Å². The third-order valence-corrected chi connectivity index (χ3v) is 7.42. The number of hydrogen-bond donors (Lipinski definition) is 1. The van der Waals surface area contributed by atoms with Crippen molar-refractivity contribution in [3.8, 4) is 50.3 Å². The molecule has 0 aliphatic heterocycles. The Kier molecular flexibility index (Phi) is 4.75. The molecule has 0 radical (unpaired) electrons. The van der Waals surface area contributed by atoms with Crippen molar-refractivity contribution in [2.75, 3.05) is 0 Å². The molecule has 0 saturated heterocycles. The second kappa shape index (κ2) is 8.25. The van der Waals surface area contributed by atoms with Crippen molar-refractivity contribution < 1.29 is 5.11 Å². The van der Waals surface area contributed by atoms with Gasteiger partial charge in [0.25, 0.3) is 0 Å². The molecule has 6 aromatic carbocycles. The largest absolute Gasteiger partial charge is 0.507 e. The molecule has 0 spiro atoms. The van der Waals surface area contributed by atoms with E-state index in [0.717, 1.165) is 22.8 Å². The Morgan fingerprint density at radius 3 is 1.72 bits per heavy atom. The van der Waals surface area contributed by atoms with Crippen molar-refractivity contribution in [3.05, 3.63) is 139 Å². The Labute approximate surface area is 210 Å². The number of benzene rings is 6. The molecule has 0 amide bonds. The topological polar surface area (TPSA) is 20.2 Å². The fourth-order valence-corrected chi connectivity index (χ4v) is 5.64. The van der Waals surface area contributed by atoms with Crippen molar-refractivity contribution in [2.24, 2.45) is 0 Å². The van der Waals surface area contributed by atoms with Crippen LogP contribution in [0.5, 0.6) is 5.75 Å². The maximum Gasteiger partial charge on any atom is 0.123 e. The SMILES string of the molecule is Oc1ccc(-c2cc(-c3ccccc3)cc3c2Cc2ccc(-c4ccccc4)cc2-3)c2ccccc12. The lowest BCUT2D eigenvalue weighted by molar-refractivity contribution is 0.481. The summed E-state index contributed by atoms with van der Waals surface area (Å²) in [5, 5.41) is 12.5. The van der Waals surface area contributed by atoms with Gasteiger partial charge in [0.2, 0.25) is 0 Å². The number of aromatic hydroxyl groups is 1. The first-order valence-corrected chi connectivity index (χ1v) is 12.4. The number of phenolic OH excluding ortho intramolecular Hbond substituents is 1. The molecular formula is C35H24O. The highest BCUT2D eigenvalue weighted by molar-refractivity contribution is 6.03. The first-order valence-electron chi connectivity index (χ1n) is 12.4. The number of fused-ring (bicyclic) bond motifs is 4. The molecule has 170 valence electrons. The van der Waals surface area contributed by atoms with Gasteiger partial charge in [-0.25, -0.2) is 0 Å². The van der Waals surface area contributed by atoms with Crippen LogP contribution in [-0.4, -0.2) is 5.11 Å². The summed E-state index contributed by atoms with van der Waals surface area (Å²) in [5.74, 6) is 0.320. The van der Waals surface area contributed by atoms with Crippen LogP contribution in [0.3, 0.4) is 0 Å². The normalized spacial score (nSPS) is 11.9. The first-order chi connectivity index (χ1) is 17.8. The van der Waals surface area contributed by atoms with Crippen LogP contribution in [0, 0.1) is 0 Å². The molecule has 0 bridgehead atoms. The summed E-state index contributed by atoms with van der Waals surface area (Å²) in [5.41, 5.74) is 12.6. The van der Waals surface area contributed by atoms with Crippen molar-refractivity contribution in [2.45, 2.75) is 6.42 Å². The van der Waals surface area contributed by atoms with E-state index in [1.54, 1.807) is 0 Å². The Morgan fingerprint density at radius 2 is 1.00 bits per heavy atom. The van der Waals surface area contributed by atoms with Gasteiger partial charge in [-0.3, -0.25) is 0 Å². The zero-order chi connectivity index (χ0) is 24.1. The molecule has 6 aromatic rings. The molecule has 0 unspecified atom stereocenters. The Hall–Kier alpha value is -4.62. The summed E-state index contributed by atoms with van der Waals surface area (Å²) < 4.78 is 0. The number of hydrogen-bond acceptors (Lipinski definition) is 1. The molecule has 1 nitrogen and oxygen atoms in total. The van der Waals surface area contributed by atoms with Crippen LogP contribution in [0.2, 0.25) is 0 Å². The van der Waals surface area contributed by atoms with Crippen LogP contribution >= 0.6 is 0 Å². The van der Waals surface area contributed by atoms with Gasteiger partial charge in [-0.2, -0.15) is 0 Å². The van der Waals surface area contributed by atoms with Crippen molar-refractivity contribution in [3.63, 3.8) is 0 Å². The monoisotopic (exact) mass is 460 g/mol. The zero-order valence-corrected chi connectivity index (χ0v) is 19.8. The van der Waals surface area contributed by atoms with E-state index >= 15 is 0 Å². The van der Waals surface area contributed by atoms with Gasteiger partial charge >= 0.3 is 0 Å². The van der Waals surface area contributed by atoms with Gasteiger partial charge in [-0.1, -0.05) is 103 Å². The maximum atomic E-state index is 10.5. The molecule has 1 N–H and O–H groups in total. The zero-order valence-electron chi connectivity index (χ0n) is 19.8. The van der Waals surface area contributed by atoms with E-state index in [-0.39, 0.29) is 0 Å². The summed E-state index contributed by atoms with van der Waals surface area (Å²) in [6.45, 7) is 0. The van der Waals surface area contributed by atoms with Crippen LogP contribution in [0.25, 0.3) is 55.3 Å². The van der Waals surface area contributed by atoms with Gasteiger partial charge in [0.1, 0.15) is 5.75 Å². The lowest BCUT2D eigenvalue weighted by atomic mass is 9.88. The summed E-state index contributed by atoms with van der Waals surface area (Å²) in [7, 11) is 0. The minimum absolute atomic E-state index is 0.320. The maximum absolute atomic E-state index is 10.5. The Morgan fingerprint density at radius 1 is 0.417 bits per heavy atom. The molecule has 0 fully saturated rings. The predicted octanol–water partition coefficient (Wildman–Crippen LogP) is 9.12. The van der Waals surface area contributed by atoms with Gasteiger partial charge in [0.05, 0.1) is 0 Å². The smallest absolute Gasteiger partial charge is 0.123 e. The highest BCUT2D eigenvalue weighted by atomic mass is 16.3. The molecule has 0 heterocycles. The Bertz CT molecular complexity index is 1750. The van der Waals surface area contributed by atoms with Crippen molar-refractivity contribution >= 4 is 10.8 Å². The molecule has 0 aromatic heterocycles. The van der Waals surface area contributed by atoms with E-state index in [1.165, 1.54) is 50.1 Å². The van der Waals surface area contributed by atoms with Crippen molar-refractivity contribution in [1.82, 2.24) is 0 Å². The average Bonchev–Trinajstić information content (AvgIpc) is 3.32. The highest BCUT2D eigenvalue weighted by Crippen LogP contribution is 2.47. The number of rotatable bonds is 3. The third kappa shape index (κ3) is 3.32. The summed E-state index contributed by atoms with van der Waals surface area (Å²) in [6.07, 6.45) is 0.902. The van der Waals surface area contributed by atoms with E-state index in [4.69, 9.17) is 0 Å². The lowest BCUT2D eigenvalue weighted by Crippen LogP contribution is -1.92. The quantitative estimate of drug-likeness (QED) is 0.279. The van der Waals surface area contributed by atoms with Crippen LogP contribution < -0.4 is 0 Å². The summed E-state index contributed by atoms with van der Waals surface area (Å²) in [6, 6.07) is 44.8. The first kappa shape index (κ1) is 20.7. The molecular weight excluding hydrogens is 436 g/mol. The van der Waals surface area contributed by atoms with E-state index in [0.29, 0.717) is 5.75 Å². The average molecular weight is 461 g/mol. The van der Waals surface area contributed by atoms with Gasteiger partial charge in [0, 0.05) is 5.39 Å². The van der Waals surface area contributed by atoms with Crippen LogP contribution in [0.1, 0.15) is 11.1 Å². The summed E-state index contributed by atoms with van der Waals surface area (Å²) in [4.78, 5) is 0. The molecule has 0 saturated carbocycles. The minimum Gasteiger partial charge on any atom is -0.507 e. The fraction of sp³-hybridized carbons (Fsp3) is 0.0286. The predicted molar refractivity (Wildman–Crippen MR) is 150 cm³/mol. The van der Waals surface area contributed by atoms with Gasteiger partial charge in [0.15, 0.2) is 0 Å². The molecule has 1 aliphatic carbocycles. The second-order valence-electron chi connectivity index (χ2n) is 9.51. The van der Waals surface area contributed by atoms with Crippen molar-refractivity contribution in [1.29, 1.82) is 0 Å². The van der Waals surface area contributed by atoms with Crippen LogP contribution in [0.15, 0.2) is 127 Å². The standard InChI is InChI=1S/C35H24O/c36-35-18-17-29(28-13-7-8-14-30(28)35)32-21-27(24-11-5-2-6-12-24)22-33-31-19-25(23-9-3-1-4-10-23)15-16-26(31)20-34(32)33/h1-19,21-22,36H,20H2. The minimum atomic E-state index is 0.320. The van der Waals surface area contributed by atoms with E-state index in [9.17, 15) is 5.11 Å². The van der Waals surface area contributed by atoms with Crippen LogP contribution in [-0.2, 0) is 6.42 Å². The fourth-order valence-electron chi connectivity index (χ4n) is 5.64. The highest BCUT2D eigenvalue weighted by Gasteiger charge is 2.24. The van der Waals surface area contributed by atoms with Crippen LogP contribution in [0.4, 0.5) is 0 Å².